The van der Waals surface area contributed by atoms with Crippen LogP contribution in [0, 0.1) is 0 Å². The molecule has 0 saturated heterocycles. The lowest BCUT2D eigenvalue weighted by Gasteiger charge is -2.33. The average Bonchev–Trinajstić information content (AvgIpc) is 3.42. The van der Waals surface area contributed by atoms with Crippen molar-refractivity contribution in [2.75, 3.05) is 0 Å². The molecule has 0 amide bonds. The number of hydrogen-bond donors (Lipinski definition) is 1. The number of pyridine rings is 1. The summed E-state index contributed by atoms with van der Waals surface area (Å²) < 4.78 is 68.3. The van der Waals surface area contributed by atoms with E-state index in [9.17, 15) is 21.6 Å². The molecule has 6 rings (SSSR count). The van der Waals surface area contributed by atoms with Crippen molar-refractivity contribution in [3.05, 3.63) is 76.2 Å². The summed E-state index contributed by atoms with van der Waals surface area (Å²) in [6.45, 7) is 0. The van der Waals surface area contributed by atoms with Crippen molar-refractivity contribution >= 4 is 10.0 Å². The summed E-state index contributed by atoms with van der Waals surface area (Å²) in [6, 6.07) is 7.73. The van der Waals surface area contributed by atoms with Crippen LogP contribution >= 0.6 is 0 Å². The van der Waals surface area contributed by atoms with Crippen LogP contribution < -0.4 is 0 Å². The van der Waals surface area contributed by atoms with E-state index in [0.29, 0.717) is 12.3 Å². The van der Waals surface area contributed by atoms with E-state index in [1.54, 1.807) is 6.20 Å². The zero-order valence-electron chi connectivity index (χ0n) is 16.1. The van der Waals surface area contributed by atoms with Crippen molar-refractivity contribution in [2.45, 2.75) is 48.5 Å². The Labute approximate surface area is 176 Å². The fraction of sp³-hybridized carbons (Fsp3) is 0.333. The van der Waals surface area contributed by atoms with Gasteiger partial charge < -0.3 is 0 Å². The third-order valence-corrected chi connectivity index (χ3v) is 8.16. The third-order valence-electron chi connectivity index (χ3n) is 6.38. The number of nitrogens with zero attached hydrogens (tertiary/aromatic N) is 3. The van der Waals surface area contributed by atoms with Crippen LogP contribution in [0.15, 0.2) is 47.6 Å². The number of H-pyrrole nitrogens is 1. The zero-order valence-corrected chi connectivity index (χ0v) is 16.9. The van der Waals surface area contributed by atoms with Gasteiger partial charge in [-0.2, -0.15) is 22.6 Å². The minimum absolute atomic E-state index is 0.380. The van der Waals surface area contributed by atoms with Crippen LogP contribution in [0.2, 0.25) is 0 Å². The van der Waals surface area contributed by atoms with Crippen molar-refractivity contribution in [1.82, 2.24) is 19.5 Å². The molecule has 3 aliphatic rings. The Kier molecular flexibility index (Phi) is 3.78. The van der Waals surface area contributed by atoms with Crippen LogP contribution in [0.5, 0.6) is 0 Å². The summed E-state index contributed by atoms with van der Waals surface area (Å²) in [5, 5.41) is 6.48. The number of rotatable bonds is 3. The largest absolute Gasteiger partial charge is 0.433 e. The number of sulfonamides is 1. The lowest BCUT2D eigenvalue weighted by molar-refractivity contribution is -0.141. The Morgan fingerprint density at radius 1 is 1.03 bits per heavy atom. The third kappa shape index (κ3) is 2.71. The quantitative estimate of drug-likeness (QED) is 0.657. The molecule has 4 heterocycles. The summed E-state index contributed by atoms with van der Waals surface area (Å²) in [4.78, 5) is 3.49. The topological polar surface area (TPSA) is 79.0 Å². The zero-order chi connectivity index (χ0) is 21.5. The molecule has 2 atom stereocenters. The van der Waals surface area contributed by atoms with Gasteiger partial charge in [-0.1, -0.05) is 24.3 Å². The number of fused-ring (bicyclic) bond motifs is 7. The van der Waals surface area contributed by atoms with Crippen molar-refractivity contribution in [3.8, 4) is 0 Å². The van der Waals surface area contributed by atoms with Crippen LogP contribution in [0.4, 0.5) is 13.2 Å². The van der Waals surface area contributed by atoms with E-state index in [-0.39, 0.29) is 0 Å². The number of hydrogen-bond acceptors (Lipinski definition) is 4. The number of benzene rings is 1. The van der Waals surface area contributed by atoms with Crippen LogP contribution in [0.25, 0.3) is 0 Å². The summed E-state index contributed by atoms with van der Waals surface area (Å²) in [5.41, 5.74) is 3.37. The van der Waals surface area contributed by atoms with Crippen LogP contribution in [0.1, 0.15) is 64.5 Å². The SMILES string of the molecule is O=S(=O)(c1cccc(C(F)(F)F)n1)N1[C@H]2c3cn[nH]c3C[C@@H]1c1cccc(C3CC3)c12. The van der Waals surface area contributed by atoms with E-state index in [0.717, 1.165) is 59.0 Å². The maximum Gasteiger partial charge on any atom is 0.433 e. The van der Waals surface area contributed by atoms with Gasteiger partial charge in [-0.3, -0.25) is 5.10 Å². The molecule has 0 spiro atoms. The average molecular weight is 446 g/mol. The molecule has 2 aliphatic heterocycles. The number of halogens is 3. The molecule has 2 aromatic heterocycles. The first kappa shape index (κ1) is 19.0. The number of aromatic nitrogens is 3. The van der Waals surface area contributed by atoms with Crippen LogP contribution in [0.3, 0.4) is 0 Å². The highest BCUT2D eigenvalue weighted by molar-refractivity contribution is 7.89. The van der Waals surface area contributed by atoms with Gasteiger partial charge in [-0.25, -0.2) is 13.4 Å². The molecule has 1 aromatic carbocycles. The fourth-order valence-electron chi connectivity index (χ4n) is 4.94. The Bertz CT molecular complexity index is 1310. The molecule has 1 N–H and O–H groups in total. The molecule has 0 unspecified atom stereocenters. The van der Waals surface area contributed by atoms with Gasteiger partial charge in [0.05, 0.1) is 18.3 Å². The molecule has 2 bridgehead atoms. The van der Waals surface area contributed by atoms with Gasteiger partial charge >= 0.3 is 6.18 Å². The first-order valence-corrected chi connectivity index (χ1v) is 11.4. The van der Waals surface area contributed by atoms with Gasteiger partial charge in [0.1, 0.15) is 5.69 Å². The Hall–Kier alpha value is -2.72. The van der Waals surface area contributed by atoms with Gasteiger partial charge in [0.2, 0.25) is 0 Å². The highest BCUT2D eigenvalue weighted by atomic mass is 32.2. The monoisotopic (exact) mass is 446 g/mol. The van der Waals surface area contributed by atoms with Crippen molar-refractivity contribution in [3.63, 3.8) is 0 Å². The van der Waals surface area contributed by atoms with E-state index in [4.69, 9.17) is 0 Å². The smallest absolute Gasteiger partial charge is 0.282 e. The minimum Gasteiger partial charge on any atom is -0.282 e. The first-order chi connectivity index (χ1) is 14.8. The van der Waals surface area contributed by atoms with Crippen molar-refractivity contribution in [1.29, 1.82) is 0 Å². The van der Waals surface area contributed by atoms with Gasteiger partial charge in [0.25, 0.3) is 10.0 Å². The maximum absolute atomic E-state index is 13.7. The molecule has 160 valence electrons. The predicted molar refractivity (Wildman–Crippen MR) is 104 cm³/mol. The Balaban J connectivity index is 1.54. The van der Waals surface area contributed by atoms with Gasteiger partial charge in [0, 0.05) is 17.7 Å². The fourth-order valence-corrected chi connectivity index (χ4v) is 6.64. The highest BCUT2D eigenvalue weighted by Gasteiger charge is 2.53. The van der Waals surface area contributed by atoms with E-state index in [1.807, 2.05) is 18.2 Å². The van der Waals surface area contributed by atoms with Crippen LogP contribution in [-0.2, 0) is 22.6 Å². The molecular formula is C21H17F3N4O2S. The molecule has 10 heteroatoms. The van der Waals surface area contributed by atoms with E-state index < -0.39 is 39.0 Å². The highest BCUT2D eigenvalue weighted by Crippen LogP contribution is 2.57. The Morgan fingerprint density at radius 2 is 1.77 bits per heavy atom. The molecule has 3 aromatic rings. The molecule has 6 nitrogen and oxygen atoms in total. The summed E-state index contributed by atoms with van der Waals surface area (Å²) in [7, 11) is -4.31. The second-order valence-corrected chi connectivity index (χ2v) is 10.0. The normalized spacial score (nSPS) is 22.9. The second kappa shape index (κ2) is 6.17. The summed E-state index contributed by atoms with van der Waals surface area (Å²) >= 11 is 0. The van der Waals surface area contributed by atoms with E-state index in [1.165, 1.54) is 4.31 Å². The lowest BCUT2D eigenvalue weighted by atomic mass is 9.93. The number of nitrogens with one attached hydrogen (secondary N) is 1. The lowest BCUT2D eigenvalue weighted by Crippen LogP contribution is -2.38. The summed E-state index contributed by atoms with van der Waals surface area (Å²) in [6.07, 6.45) is -0.628. The molecule has 0 radical (unpaired) electrons. The molecule has 1 fully saturated rings. The second-order valence-electron chi connectivity index (χ2n) is 8.24. The van der Waals surface area contributed by atoms with E-state index >= 15 is 0 Å². The molecule has 1 aliphatic carbocycles. The Morgan fingerprint density at radius 3 is 2.52 bits per heavy atom. The van der Waals surface area contributed by atoms with Gasteiger partial charge in [-0.05, 0) is 47.6 Å². The number of alkyl halides is 3. The van der Waals surface area contributed by atoms with Crippen LogP contribution in [-0.4, -0.2) is 27.9 Å². The summed E-state index contributed by atoms with van der Waals surface area (Å²) in [5.74, 6) is 0.390. The standard InChI is InChI=1S/C21H17F3N4O2S/c22-21(23,24)17-5-2-6-18(26-17)31(29,30)28-16-9-15-14(10-25-27-15)20(28)19-12(11-7-8-11)3-1-4-13(16)19/h1-6,10-11,16,20H,7-9H2,(H,25,27)/t16-,20+/m1/s1. The maximum atomic E-state index is 13.7. The van der Waals surface area contributed by atoms with E-state index in [2.05, 4.69) is 15.2 Å². The molecular weight excluding hydrogens is 429 g/mol. The molecule has 1 saturated carbocycles. The predicted octanol–water partition coefficient (Wildman–Crippen LogP) is 4.09. The van der Waals surface area contributed by atoms with Gasteiger partial charge in [-0.15, -0.1) is 0 Å². The number of aromatic amines is 1. The van der Waals surface area contributed by atoms with Gasteiger partial charge in [0.15, 0.2) is 5.03 Å². The minimum atomic E-state index is -4.73. The van der Waals surface area contributed by atoms with Crippen molar-refractivity contribution < 1.29 is 21.6 Å². The van der Waals surface area contributed by atoms with Crippen molar-refractivity contribution in [2.24, 2.45) is 0 Å². The first-order valence-electron chi connectivity index (χ1n) is 9.99. The molecule has 31 heavy (non-hydrogen) atoms.